The number of nitrogens with one attached hydrogen (secondary N) is 2. The zero-order chi connectivity index (χ0) is 30.0. The Kier molecular flexibility index (Phi) is 16.3. The second-order valence-corrected chi connectivity index (χ2v) is 13.4. The molecule has 2 aromatic carbocycles. The minimum atomic E-state index is 0.418. The molecule has 0 bridgehead atoms. The third-order valence-corrected chi connectivity index (χ3v) is 7.79. The first kappa shape index (κ1) is 36.5. The predicted molar refractivity (Wildman–Crippen MR) is 178 cm³/mol. The van der Waals surface area contributed by atoms with E-state index in [1.54, 1.807) is 0 Å². The Morgan fingerprint density at radius 3 is 1.56 bits per heavy atom. The van der Waals surface area contributed by atoms with Crippen LogP contribution in [-0.4, -0.2) is 23.7 Å². The van der Waals surface area contributed by atoms with Crippen molar-refractivity contribution in [3.05, 3.63) is 57.6 Å². The average Bonchev–Trinajstić information content (AvgIpc) is 2.87. The molecule has 0 aliphatic heterocycles. The van der Waals surface area contributed by atoms with Gasteiger partial charge in [0.05, 0.1) is 6.67 Å². The molecule has 0 amide bonds. The van der Waals surface area contributed by atoms with E-state index in [-0.39, 0.29) is 0 Å². The summed E-state index contributed by atoms with van der Waals surface area (Å²) < 4.78 is 2.19. The van der Waals surface area contributed by atoms with Crippen molar-refractivity contribution in [1.29, 1.82) is 0 Å². The summed E-state index contributed by atoms with van der Waals surface area (Å²) in [6.07, 6.45) is 0. The van der Waals surface area contributed by atoms with Crippen molar-refractivity contribution in [2.75, 3.05) is 30.4 Å². The van der Waals surface area contributed by atoms with E-state index < -0.39 is 0 Å². The van der Waals surface area contributed by atoms with Crippen LogP contribution in [0.3, 0.4) is 0 Å². The Labute approximate surface area is 264 Å². The van der Waals surface area contributed by atoms with Crippen LogP contribution in [0.2, 0.25) is 0 Å². The van der Waals surface area contributed by atoms with Gasteiger partial charge in [0.15, 0.2) is 0 Å². The van der Waals surface area contributed by atoms with Crippen molar-refractivity contribution in [1.82, 2.24) is 3.93 Å². The van der Waals surface area contributed by atoms with E-state index in [2.05, 4.69) is 166 Å². The molecule has 0 spiro atoms. The summed E-state index contributed by atoms with van der Waals surface area (Å²) >= 11 is 9.82. The van der Waals surface area contributed by atoms with Crippen molar-refractivity contribution >= 4 is 41.7 Å². The molecule has 0 fully saturated rings. The van der Waals surface area contributed by atoms with Crippen LogP contribution in [0.25, 0.3) is 0 Å². The van der Waals surface area contributed by atoms with Gasteiger partial charge in [0.1, 0.15) is 0 Å². The number of rotatable bonds is 13. The molecule has 0 saturated heterocycles. The molecule has 0 aromatic heterocycles. The number of nitrogens with zero attached hydrogens (tertiary/aromatic N) is 1. The second kappa shape index (κ2) is 17.4. The summed E-state index contributed by atoms with van der Waals surface area (Å²) in [5.74, 6) is 2.84. The quantitative estimate of drug-likeness (QED) is 0.123. The van der Waals surface area contributed by atoms with E-state index >= 15 is 0 Å². The van der Waals surface area contributed by atoms with Crippen LogP contribution >= 0.6 is 30.3 Å². The van der Waals surface area contributed by atoms with Crippen molar-refractivity contribution in [2.24, 2.45) is 0 Å². The Bertz CT molecular complexity index is 958. The zero-order valence-corrected chi connectivity index (χ0v) is 30.6. The molecule has 223 valence electrons. The molecule has 39 heavy (non-hydrogen) atoms. The fourth-order valence-corrected chi connectivity index (χ4v) is 5.05. The van der Waals surface area contributed by atoms with E-state index in [4.69, 9.17) is 0 Å². The molecular weight excluding hydrogens is 657 g/mol. The summed E-state index contributed by atoms with van der Waals surface area (Å²) in [4.78, 5) is 0. The topological polar surface area (TPSA) is 27.3 Å². The average molecular weight is 711 g/mol. The van der Waals surface area contributed by atoms with Crippen molar-refractivity contribution in [2.45, 2.75) is 119 Å². The van der Waals surface area contributed by atoms with Gasteiger partial charge in [0.25, 0.3) is 0 Å². The van der Waals surface area contributed by atoms with Crippen molar-refractivity contribution in [3.63, 3.8) is 0 Å². The number of hydrogen-bond donors (Lipinski definition) is 2. The first-order valence-corrected chi connectivity index (χ1v) is 17.8. The van der Waals surface area contributed by atoms with Gasteiger partial charge in [-0.25, -0.2) is 3.93 Å². The molecule has 6 heteroatoms. The summed E-state index contributed by atoms with van der Waals surface area (Å²) in [6, 6.07) is 10.9. The van der Waals surface area contributed by atoms with Crippen molar-refractivity contribution < 1.29 is 13.9 Å². The second-order valence-electron chi connectivity index (χ2n) is 12.4. The van der Waals surface area contributed by atoms with Gasteiger partial charge in [-0.1, -0.05) is 101 Å². The predicted octanol–water partition coefficient (Wildman–Crippen LogP) is 11.2. The molecular formula is C33H53Br2CoN3. The number of halogens is 2. The monoisotopic (exact) mass is 708 g/mol. The van der Waals surface area contributed by atoms with Crippen LogP contribution in [0.15, 0.2) is 18.2 Å². The first-order valence-electron chi connectivity index (χ1n) is 14.5. The molecule has 2 rings (SSSR count). The fourth-order valence-electron chi connectivity index (χ4n) is 4.75. The van der Waals surface area contributed by atoms with Crippen LogP contribution in [0.4, 0.5) is 11.4 Å². The van der Waals surface area contributed by atoms with Gasteiger partial charge in [-0.05, 0) is 52.2 Å². The standard InChI is InChI=1S/C33H53BrN3.BrH.Co/c1-20(2)26-15-28(22(5)6)32(29(16-26)23(7)8)35-13-14-37(34)19-36-33-30(24(9)10)17-27(21(3)4)18-31(33)25(11)12;;/h15-17,20-25,35-36H,13-14,19H2,1-12H3;1H;/q-1;;+2/p-1. The third kappa shape index (κ3) is 10.7. The zero-order valence-electron chi connectivity index (χ0n) is 26.4. The van der Waals surface area contributed by atoms with Gasteiger partial charge in [-0.15, -0.1) is 11.1 Å². The summed E-state index contributed by atoms with van der Waals surface area (Å²) in [6.45, 7) is 29.9. The van der Waals surface area contributed by atoms with Crippen molar-refractivity contribution in [3.8, 4) is 0 Å². The Morgan fingerprint density at radius 2 is 1.15 bits per heavy atom. The Hall–Kier alpha value is -0.534. The van der Waals surface area contributed by atoms with Gasteiger partial charge in [0.2, 0.25) is 0 Å². The molecule has 2 aromatic rings. The number of anilines is 2. The molecule has 0 saturated carbocycles. The summed E-state index contributed by atoms with van der Waals surface area (Å²) in [7, 11) is 0. The molecule has 3 nitrogen and oxygen atoms in total. The van der Waals surface area contributed by atoms with Gasteiger partial charge in [-0.3, -0.25) is 0 Å². The minimum absolute atomic E-state index is 0.418. The molecule has 0 atom stereocenters. The third-order valence-electron chi connectivity index (χ3n) is 7.19. The first-order chi connectivity index (χ1) is 18.2. The van der Waals surface area contributed by atoms with Crippen LogP contribution in [0.5, 0.6) is 0 Å². The SMILES string of the molecule is CC(C)c1[c-]c(C(C)C)c(NCN(Br)CCNc2c(C(C)C)cc(C(C)C)cc2C(C)C)c(C(C)C)c1.[Co+][Br]. The van der Waals surface area contributed by atoms with Crippen LogP contribution < -0.4 is 10.6 Å². The number of hydrogen-bond acceptors (Lipinski definition) is 3. The molecule has 2 N–H and O–H groups in total. The van der Waals surface area contributed by atoms with E-state index in [1.165, 1.54) is 44.8 Å². The normalized spacial score (nSPS) is 11.8. The van der Waals surface area contributed by atoms with E-state index in [0.717, 1.165) is 19.8 Å². The molecule has 0 radical (unpaired) electrons. The molecule has 0 aliphatic carbocycles. The van der Waals surface area contributed by atoms with Gasteiger partial charge < -0.3 is 10.6 Å². The van der Waals surface area contributed by atoms with E-state index in [0.29, 0.717) is 35.5 Å². The van der Waals surface area contributed by atoms with Gasteiger partial charge >= 0.3 is 28.1 Å². The van der Waals surface area contributed by atoms with Crippen LogP contribution in [-0.2, 0) is 13.9 Å². The van der Waals surface area contributed by atoms with E-state index in [1.807, 2.05) is 0 Å². The van der Waals surface area contributed by atoms with Crippen LogP contribution in [0, 0.1) is 6.07 Å². The summed E-state index contributed by atoms with van der Waals surface area (Å²) in [5, 5.41) is 7.57. The molecule has 0 heterocycles. The van der Waals surface area contributed by atoms with E-state index in [9.17, 15) is 0 Å². The maximum atomic E-state index is 3.82. The number of benzene rings is 2. The fraction of sp³-hybridized carbons (Fsp3) is 0.636. The van der Waals surface area contributed by atoms with Crippen LogP contribution in [0.1, 0.15) is 152 Å². The Morgan fingerprint density at radius 1 is 0.667 bits per heavy atom. The molecule has 0 aliphatic rings. The Balaban J connectivity index is 0.00000371. The summed E-state index contributed by atoms with van der Waals surface area (Å²) in [5.41, 5.74) is 10.9. The van der Waals surface area contributed by atoms with Gasteiger partial charge in [-0.2, -0.15) is 17.7 Å². The van der Waals surface area contributed by atoms with Gasteiger partial charge in [0, 0.05) is 34.9 Å². The maximum absolute atomic E-state index is 3.82. The molecule has 0 unspecified atom stereocenters.